The highest BCUT2D eigenvalue weighted by Gasteiger charge is 2.17. The highest BCUT2D eigenvalue weighted by Crippen LogP contribution is 2.31. The van der Waals surface area contributed by atoms with Crippen LogP contribution in [0.25, 0.3) is 10.6 Å². The van der Waals surface area contributed by atoms with Crippen LogP contribution < -0.4 is 0 Å². The Kier molecular flexibility index (Phi) is 2.50. The quantitative estimate of drug-likeness (QED) is 0.851. The first-order valence-corrected chi connectivity index (χ1v) is 5.33. The molecule has 78 valence electrons. The number of carbonyl (C=O) groups is 1. The minimum atomic E-state index is -1.04. The monoisotopic (exact) mass is 242 g/mol. The van der Waals surface area contributed by atoms with E-state index in [0.717, 1.165) is 4.88 Å². The van der Waals surface area contributed by atoms with Crippen LogP contribution >= 0.6 is 22.9 Å². The summed E-state index contributed by atoms with van der Waals surface area (Å²) in [6, 6.07) is 3.50. The van der Waals surface area contributed by atoms with Crippen molar-refractivity contribution in [2.24, 2.45) is 0 Å². The van der Waals surface area contributed by atoms with Gasteiger partial charge >= 0.3 is 5.97 Å². The van der Waals surface area contributed by atoms with Gasteiger partial charge in [0, 0.05) is 0 Å². The lowest BCUT2D eigenvalue weighted by atomic mass is 10.3. The van der Waals surface area contributed by atoms with E-state index in [1.54, 1.807) is 19.1 Å². The van der Waals surface area contributed by atoms with E-state index in [2.05, 4.69) is 9.97 Å². The molecule has 0 saturated heterocycles. The number of H-pyrrole nitrogens is 1. The smallest absolute Gasteiger partial charge is 0.356 e. The van der Waals surface area contributed by atoms with Gasteiger partial charge in [-0.25, -0.2) is 9.78 Å². The van der Waals surface area contributed by atoms with Crippen molar-refractivity contribution in [2.45, 2.75) is 6.92 Å². The Balaban J connectivity index is 2.56. The normalized spacial score (nSPS) is 10.5. The van der Waals surface area contributed by atoms with Crippen LogP contribution in [0.3, 0.4) is 0 Å². The number of aryl methyl sites for hydroxylation is 1. The molecule has 0 aliphatic heterocycles. The van der Waals surface area contributed by atoms with Gasteiger partial charge in [0.15, 0.2) is 5.69 Å². The zero-order chi connectivity index (χ0) is 11.0. The first kappa shape index (κ1) is 10.2. The minimum absolute atomic E-state index is 0.0333. The molecule has 2 rings (SSSR count). The van der Waals surface area contributed by atoms with Crippen molar-refractivity contribution in [2.75, 3.05) is 0 Å². The van der Waals surface area contributed by atoms with Crippen molar-refractivity contribution in [3.05, 3.63) is 28.0 Å². The van der Waals surface area contributed by atoms with Gasteiger partial charge in [0.2, 0.25) is 0 Å². The standard InChI is InChI=1S/C9H7ClN2O2S/c1-4-11-7(8(12-4)9(13)14)5-2-3-6(10)15-5/h2-3H,1H3,(H,11,12)(H,13,14). The fourth-order valence-electron chi connectivity index (χ4n) is 1.27. The second-order valence-electron chi connectivity index (χ2n) is 2.95. The number of aromatic nitrogens is 2. The minimum Gasteiger partial charge on any atom is -0.476 e. The maximum absolute atomic E-state index is 10.9. The summed E-state index contributed by atoms with van der Waals surface area (Å²) in [6.45, 7) is 1.71. The lowest BCUT2D eigenvalue weighted by molar-refractivity contribution is 0.0692. The maximum Gasteiger partial charge on any atom is 0.356 e. The number of halogens is 1. The molecule has 0 amide bonds. The first-order chi connectivity index (χ1) is 7.08. The summed E-state index contributed by atoms with van der Waals surface area (Å²) in [7, 11) is 0. The second kappa shape index (κ2) is 3.67. The molecule has 15 heavy (non-hydrogen) atoms. The third-order valence-corrected chi connectivity index (χ3v) is 3.09. The van der Waals surface area contributed by atoms with Crippen molar-refractivity contribution in [3.63, 3.8) is 0 Å². The van der Waals surface area contributed by atoms with Crippen molar-refractivity contribution >= 4 is 28.9 Å². The van der Waals surface area contributed by atoms with Crippen LogP contribution in [0.1, 0.15) is 16.3 Å². The molecule has 0 aromatic carbocycles. The van der Waals surface area contributed by atoms with Gasteiger partial charge in [-0.1, -0.05) is 11.6 Å². The number of imidazole rings is 1. The van der Waals surface area contributed by atoms with Crippen LogP contribution in [0.4, 0.5) is 0 Å². The van der Waals surface area contributed by atoms with E-state index in [9.17, 15) is 4.79 Å². The molecule has 0 aliphatic rings. The van der Waals surface area contributed by atoms with Crippen LogP contribution in [-0.4, -0.2) is 21.0 Å². The molecule has 0 atom stereocenters. The first-order valence-electron chi connectivity index (χ1n) is 4.13. The van der Waals surface area contributed by atoms with Gasteiger partial charge in [0.25, 0.3) is 0 Å². The molecule has 6 heteroatoms. The van der Waals surface area contributed by atoms with Gasteiger partial charge in [-0.15, -0.1) is 11.3 Å². The molecule has 0 fully saturated rings. The lowest BCUT2D eigenvalue weighted by Crippen LogP contribution is -1.98. The van der Waals surface area contributed by atoms with Gasteiger partial charge < -0.3 is 10.1 Å². The molecule has 0 unspecified atom stereocenters. The second-order valence-corrected chi connectivity index (χ2v) is 4.67. The van der Waals surface area contributed by atoms with E-state index in [0.29, 0.717) is 15.9 Å². The predicted molar refractivity (Wildman–Crippen MR) is 58.6 cm³/mol. The molecule has 2 heterocycles. The number of thiophene rings is 1. The molecule has 4 nitrogen and oxygen atoms in total. The number of hydrogen-bond acceptors (Lipinski definition) is 3. The van der Waals surface area contributed by atoms with Crippen LogP contribution in [-0.2, 0) is 0 Å². The van der Waals surface area contributed by atoms with E-state index < -0.39 is 5.97 Å². The average Bonchev–Trinajstić information content (AvgIpc) is 2.71. The van der Waals surface area contributed by atoms with Gasteiger partial charge in [-0.3, -0.25) is 0 Å². The fourth-order valence-corrected chi connectivity index (χ4v) is 2.32. The number of rotatable bonds is 2. The van der Waals surface area contributed by atoms with E-state index in [4.69, 9.17) is 16.7 Å². The van der Waals surface area contributed by atoms with Crippen LogP contribution in [0.15, 0.2) is 12.1 Å². The van der Waals surface area contributed by atoms with Crippen LogP contribution in [0.2, 0.25) is 4.34 Å². The summed E-state index contributed by atoms with van der Waals surface area (Å²) in [4.78, 5) is 18.5. The average molecular weight is 243 g/mol. The molecule has 2 aromatic rings. The third-order valence-electron chi connectivity index (χ3n) is 1.84. The summed E-state index contributed by atoms with van der Waals surface area (Å²) in [5, 5.41) is 8.94. The molecule has 2 aromatic heterocycles. The SMILES string of the molecule is Cc1nc(C(=O)O)c(-c2ccc(Cl)s2)[nH]1. The Morgan fingerprint density at radius 3 is 2.87 bits per heavy atom. The van der Waals surface area contributed by atoms with Gasteiger partial charge in [-0.2, -0.15) is 0 Å². The number of aromatic carboxylic acids is 1. The Hall–Kier alpha value is -1.33. The van der Waals surface area contributed by atoms with Crippen molar-refractivity contribution < 1.29 is 9.90 Å². The highest BCUT2D eigenvalue weighted by atomic mass is 35.5. The Morgan fingerprint density at radius 1 is 1.60 bits per heavy atom. The van der Waals surface area contributed by atoms with Gasteiger partial charge in [0.05, 0.1) is 14.9 Å². The predicted octanol–water partition coefficient (Wildman–Crippen LogP) is 2.80. The zero-order valence-electron chi connectivity index (χ0n) is 7.74. The summed E-state index contributed by atoms with van der Waals surface area (Å²) < 4.78 is 0.619. The highest BCUT2D eigenvalue weighted by molar-refractivity contribution is 7.19. The molecule has 0 bridgehead atoms. The molecular weight excluding hydrogens is 236 g/mol. The molecule has 0 saturated carbocycles. The summed E-state index contributed by atoms with van der Waals surface area (Å²) in [5.41, 5.74) is 0.544. The summed E-state index contributed by atoms with van der Waals surface area (Å²) in [6.07, 6.45) is 0. The molecule has 2 N–H and O–H groups in total. The lowest BCUT2D eigenvalue weighted by Gasteiger charge is -1.93. The maximum atomic E-state index is 10.9. The molecule has 0 aliphatic carbocycles. The fraction of sp³-hybridized carbons (Fsp3) is 0.111. The van der Waals surface area contributed by atoms with Gasteiger partial charge in [-0.05, 0) is 19.1 Å². The third kappa shape index (κ3) is 1.88. The number of carboxylic acids is 1. The van der Waals surface area contributed by atoms with E-state index >= 15 is 0 Å². The van der Waals surface area contributed by atoms with Crippen LogP contribution in [0.5, 0.6) is 0 Å². The van der Waals surface area contributed by atoms with E-state index in [-0.39, 0.29) is 5.69 Å². The zero-order valence-corrected chi connectivity index (χ0v) is 9.32. The number of nitrogens with zero attached hydrogens (tertiary/aromatic N) is 1. The number of hydrogen-bond donors (Lipinski definition) is 2. The number of aromatic amines is 1. The molecule has 0 spiro atoms. The van der Waals surface area contributed by atoms with Gasteiger partial charge in [0.1, 0.15) is 5.82 Å². The topological polar surface area (TPSA) is 66.0 Å². The number of carboxylic acid groups (broad SMARTS) is 1. The van der Waals surface area contributed by atoms with E-state index in [1.807, 2.05) is 0 Å². The Labute approximate surface area is 94.5 Å². The van der Waals surface area contributed by atoms with Crippen molar-refractivity contribution in [3.8, 4) is 10.6 Å². The largest absolute Gasteiger partial charge is 0.476 e. The number of nitrogens with one attached hydrogen (secondary N) is 1. The Bertz CT molecular complexity index is 518. The summed E-state index contributed by atoms with van der Waals surface area (Å²) >= 11 is 7.10. The molecule has 0 radical (unpaired) electrons. The Morgan fingerprint density at radius 2 is 2.33 bits per heavy atom. The van der Waals surface area contributed by atoms with Crippen molar-refractivity contribution in [1.29, 1.82) is 0 Å². The summed E-state index contributed by atoms with van der Waals surface area (Å²) in [5.74, 6) is -0.467. The van der Waals surface area contributed by atoms with E-state index in [1.165, 1.54) is 11.3 Å². The van der Waals surface area contributed by atoms with Crippen molar-refractivity contribution in [1.82, 2.24) is 9.97 Å². The molecular formula is C9H7ClN2O2S. The van der Waals surface area contributed by atoms with Crippen LogP contribution in [0, 0.1) is 6.92 Å².